The summed E-state index contributed by atoms with van der Waals surface area (Å²) < 4.78 is 5.78. The van der Waals surface area contributed by atoms with Crippen LogP contribution < -0.4 is 0 Å². The third-order valence-corrected chi connectivity index (χ3v) is 6.35. The number of aliphatic hydroxyl groups is 1. The van der Waals surface area contributed by atoms with Crippen molar-refractivity contribution < 1.29 is 14.6 Å². The number of likely N-dealkylation sites (tertiary alicyclic amines) is 1. The number of benzene rings is 2. The van der Waals surface area contributed by atoms with Crippen LogP contribution in [0, 0.1) is 0 Å². The number of hydrogen-bond donors (Lipinski definition) is 1. The molecular formula is C24H30N2O3. The molecule has 0 saturated carbocycles. The first-order chi connectivity index (χ1) is 14.2. The number of aliphatic hydroxyl groups excluding tert-OH is 1. The van der Waals surface area contributed by atoms with E-state index in [1.807, 2.05) is 4.90 Å². The fraction of sp³-hybridized carbons (Fsp3) is 0.458. The summed E-state index contributed by atoms with van der Waals surface area (Å²) in [6.07, 6.45) is 2.49. The van der Waals surface area contributed by atoms with Crippen LogP contribution in [0.15, 0.2) is 48.5 Å². The van der Waals surface area contributed by atoms with Crippen molar-refractivity contribution in [3.63, 3.8) is 0 Å². The molecule has 0 atom stereocenters. The Labute approximate surface area is 172 Å². The first-order valence-corrected chi connectivity index (χ1v) is 10.6. The molecule has 1 aliphatic carbocycles. The summed E-state index contributed by atoms with van der Waals surface area (Å²) in [5.41, 5.74) is 4.98. The molecule has 5 nitrogen and oxygen atoms in total. The number of ether oxygens (including phenoxy) is 1. The standard InChI is InChI=1S/C24H30N2O3/c1-25(13-6-16-27)18-11-14-26(15-12-18)24(28)29-17-23-21-9-4-2-7-19(21)20-8-3-5-10-22(20)23/h2-5,7-10,18,23,27H,6,11-17H2,1H3. The van der Waals surface area contributed by atoms with E-state index in [1.54, 1.807) is 0 Å². The second-order valence-electron chi connectivity index (χ2n) is 8.08. The Morgan fingerprint density at radius 2 is 1.66 bits per heavy atom. The molecule has 2 aliphatic rings. The van der Waals surface area contributed by atoms with Gasteiger partial charge in [0.05, 0.1) is 0 Å². The van der Waals surface area contributed by atoms with Gasteiger partial charge in [0.1, 0.15) is 6.61 Å². The zero-order valence-electron chi connectivity index (χ0n) is 17.1. The summed E-state index contributed by atoms with van der Waals surface area (Å²) in [5.74, 6) is 0.105. The average molecular weight is 395 g/mol. The topological polar surface area (TPSA) is 53.0 Å². The van der Waals surface area contributed by atoms with Crippen LogP contribution in [0.25, 0.3) is 11.1 Å². The molecule has 5 heteroatoms. The highest BCUT2D eigenvalue weighted by Crippen LogP contribution is 2.44. The van der Waals surface area contributed by atoms with Crippen molar-refractivity contribution in [1.82, 2.24) is 9.80 Å². The van der Waals surface area contributed by atoms with Gasteiger partial charge in [-0.1, -0.05) is 48.5 Å². The Bertz CT molecular complexity index is 800. The van der Waals surface area contributed by atoms with Crippen molar-refractivity contribution in [2.24, 2.45) is 0 Å². The second kappa shape index (κ2) is 8.97. The zero-order chi connectivity index (χ0) is 20.2. The number of nitrogens with zero attached hydrogens (tertiary/aromatic N) is 2. The van der Waals surface area contributed by atoms with Gasteiger partial charge in [-0.25, -0.2) is 4.79 Å². The van der Waals surface area contributed by atoms with Crippen LogP contribution in [-0.4, -0.2) is 66.9 Å². The molecule has 0 radical (unpaired) electrons. The lowest BCUT2D eigenvalue weighted by atomic mass is 9.98. The summed E-state index contributed by atoms with van der Waals surface area (Å²) in [5, 5.41) is 9.00. The van der Waals surface area contributed by atoms with E-state index in [9.17, 15) is 4.79 Å². The Kier molecular flexibility index (Phi) is 6.16. The number of carbonyl (C=O) groups is 1. The van der Waals surface area contributed by atoms with Gasteiger partial charge in [-0.3, -0.25) is 0 Å². The van der Waals surface area contributed by atoms with E-state index in [2.05, 4.69) is 60.5 Å². The minimum atomic E-state index is -0.205. The minimum Gasteiger partial charge on any atom is -0.448 e. The number of amides is 1. The van der Waals surface area contributed by atoms with Crippen LogP contribution in [0.1, 0.15) is 36.3 Å². The normalized spacial score (nSPS) is 16.7. The first-order valence-electron chi connectivity index (χ1n) is 10.6. The molecule has 0 aromatic heterocycles. The molecule has 1 amide bonds. The highest BCUT2D eigenvalue weighted by molar-refractivity contribution is 5.79. The number of piperidine rings is 1. The molecular weight excluding hydrogens is 364 g/mol. The van der Waals surface area contributed by atoms with Crippen molar-refractivity contribution in [3.05, 3.63) is 59.7 Å². The lowest BCUT2D eigenvalue weighted by Gasteiger charge is -2.36. The van der Waals surface area contributed by atoms with E-state index in [0.29, 0.717) is 12.6 Å². The van der Waals surface area contributed by atoms with Crippen molar-refractivity contribution in [2.45, 2.75) is 31.2 Å². The monoisotopic (exact) mass is 394 g/mol. The predicted molar refractivity (Wildman–Crippen MR) is 114 cm³/mol. The number of fused-ring (bicyclic) bond motifs is 3. The van der Waals surface area contributed by atoms with Gasteiger partial charge < -0.3 is 19.6 Å². The van der Waals surface area contributed by atoms with Gasteiger partial charge in [0, 0.05) is 38.2 Å². The first kappa shape index (κ1) is 19.9. The number of rotatable bonds is 6. The molecule has 154 valence electrons. The smallest absolute Gasteiger partial charge is 0.409 e. The molecule has 29 heavy (non-hydrogen) atoms. The minimum absolute atomic E-state index is 0.105. The summed E-state index contributed by atoms with van der Waals surface area (Å²) in [6, 6.07) is 17.3. The van der Waals surface area contributed by atoms with E-state index in [-0.39, 0.29) is 18.6 Å². The predicted octanol–water partition coefficient (Wildman–Crippen LogP) is 3.71. The summed E-state index contributed by atoms with van der Waals surface area (Å²) >= 11 is 0. The molecule has 0 bridgehead atoms. The summed E-state index contributed by atoms with van der Waals surface area (Å²) in [4.78, 5) is 16.8. The Balaban J connectivity index is 1.34. The molecule has 1 saturated heterocycles. The van der Waals surface area contributed by atoms with Gasteiger partial charge >= 0.3 is 6.09 Å². The molecule has 1 fully saturated rings. The Morgan fingerprint density at radius 3 is 2.24 bits per heavy atom. The van der Waals surface area contributed by atoms with E-state index in [4.69, 9.17) is 9.84 Å². The van der Waals surface area contributed by atoms with Crippen LogP contribution in [0.4, 0.5) is 4.79 Å². The van der Waals surface area contributed by atoms with Crippen molar-refractivity contribution >= 4 is 6.09 Å². The SMILES string of the molecule is CN(CCCO)C1CCN(C(=O)OCC2c3ccccc3-c3ccccc32)CC1. The van der Waals surface area contributed by atoms with Crippen LogP contribution in [0.5, 0.6) is 0 Å². The largest absolute Gasteiger partial charge is 0.448 e. The van der Waals surface area contributed by atoms with Gasteiger partial charge in [0.2, 0.25) is 0 Å². The lowest BCUT2D eigenvalue weighted by molar-refractivity contribution is 0.0747. The molecule has 0 unspecified atom stereocenters. The number of hydrogen-bond acceptors (Lipinski definition) is 4. The van der Waals surface area contributed by atoms with Crippen molar-refractivity contribution in [3.8, 4) is 11.1 Å². The van der Waals surface area contributed by atoms with Crippen LogP contribution >= 0.6 is 0 Å². The van der Waals surface area contributed by atoms with Crippen molar-refractivity contribution in [1.29, 1.82) is 0 Å². The van der Waals surface area contributed by atoms with Gasteiger partial charge in [-0.15, -0.1) is 0 Å². The van der Waals surface area contributed by atoms with E-state index in [1.165, 1.54) is 22.3 Å². The highest BCUT2D eigenvalue weighted by atomic mass is 16.6. The third-order valence-electron chi connectivity index (χ3n) is 6.35. The highest BCUT2D eigenvalue weighted by Gasteiger charge is 2.31. The average Bonchev–Trinajstić information content (AvgIpc) is 3.09. The van der Waals surface area contributed by atoms with Gasteiger partial charge in [-0.05, 0) is 48.6 Å². The van der Waals surface area contributed by atoms with Crippen LogP contribution in [0.3, 0.4) is 0 Å². The Hall–Kier alpha value is -2.37. The van der Waals surface area contributed by atoms with E-state index >= 15 is 0 Å². The molecule has 2 aromatic rings. The van der Waals surface area contributed by atoms with Gasteiger partial charge in [0.25, 0.3) is 0 Å². The quantitative estimate of drug-likeness (QED) is 0.811. The zero-order valence-corrected chi connectivity index (χ0v) is 17.1. The maximum absolute atomic E-state index is 12.7. The number of carbonyl (C=O) groups excluding carboxylic acids is 1. The maximum Gasteiger partial charge on any atom is 0.409 e. The summed E-state index contributed by atoms with van der Waals surface area (Å²) in [6.45, 7) is 2.95. The molecule has 1 aliphatic heterocycles. The Morgan fingerprint density at radius 1 is 1.07 bits per heavy atom. The van der Waals surface area contributed by atoms with E-state index < -0.39 is 0 Å². The third kappa shape index (κ3) is 4.16. The molecule has 1 heterocycles. The maximum atomic E-state index is 12.7. The fourth-order valence-corrected chi connectivity index (χ4v) is 4.68. The van der Waals surface area contributed by atoms with Gasteiger partial charge in [0.15, 0.2) is 0 Å². The second-order valence-corrected chi connectivity index (χ2v) is 8.08. The fourth-order valence-electron chi connectivity index (χ4n) is 4.68. The van der Waals surface area contributed by atoms with Crippen LogP contribution in [-0.2, 0) is 4.74 Å². The van der Waals surface area contributed by atoms with Gasteiger partial charge in [-0.2, -0.15) is 0 Å². The molecule has 0 spiro atoms. The molecule has 2 aromatic carbocycles. The van der Waals surface area contributed by atoms with Crippen molar-refractivity contribution in [2.75, 3.05) is 39.9 Å². The lowest BCUT2D eigenvalue weighted by Crippen LogP contribution is -2.46. The van der Waals surface area contributed by atoms with E-state index in [0.717, 1.165) is 38.9 Å². The molecule has 4 rings (SSSR count). The van der Waals surface area contributed by atoms with Crippen LogP contribution in [0.2, 0.25) is 0 Å². The molecule has 1 N–H and O–H groups in total. The summed E-state index contributed by atoms with van der Waals surface area (Å²) in [7, 11) is 2.10.